The van der Waals surface area contributed by atoms with Gasteiger partial charge in [-0.05, 0) is 48.0 Å². The molecule has 0 aromatic heterocycles. The molecule has 0 aliphatic carbocycles. The van der Waals surface area contributed by atoms with Gasteiger partial charge < -0.3 is 19.3 Å². The van der Waals surface area contributed by atoms with Crippen LogP contribution in [0, 0.1) is 5.82 Å². The zero-order valence-electron chi connectivity index (χ0n) is 18.4. The number of ether oxygens (including phenoxy) is 2. The number of methoxy groups -OCH3 is 1. The van der Waals surface area contributed by atoms with Gasteiger partial charge in [0.15, 0.2) is 0 Å². The number of hydrogen-bond acceptors (Lipinski definition) is 4. The first-order valence-electron chi connectivity index (χ1n) is 10.7. The summed E-state index contributed by atoms with van der Waals surface area (Å²) in [7, 11) is 1.44. The van der Waals surface area contributed by atoms with E-state index < -0.39 is 5.82 Å². The molecule has 0 radical (unpaired) electrons. The van der Waals surface area contributed by atoms with Gasteiger partial charge in [-0.15, -0.1) is 0 Å². The summed E-state index contributed by atoms with van der Waals surface area (Å²) in [6, 6.07) is 20.8. The molecule has 1 saturated heterocycles. The fraction of sp³-hybridized carbons (Fsp3) is 0.231. The third-order valence-electron chi connectivity index (χ3n) is 5.60. The lowest BCUT2D eigenvalue weighted by atomic mass is 10.1. The molecule has 2 amide bonds. The number of benzene rings is 3. The Morgan fingerprint density at radius 2 is 1.48 bits per heavy atom. The summed E-state index contributed by atoms with van der Waals surface area (Å²) < 4.78 is 24.6. The lowest BCUT2D eigenvalue weighted by Crippen LogP contribution is -2.50. The number of halogens is 1. The Balaban J connectivity index is 1.33. The van der Waals surface area contributed by atoms with Gasteiger partial charge in [0.25, 0.3) is 11.8 Å². The summed E-state index contributed by atoms with van der Waals surface area (Å²) in [6.07, 6.45) is 0. The van der Waals surface area contributed by atoms with Gasteiger partial charge in [-0.25, -0.2) is 4.39 Å². The van der Waals surface area contributed by atoms with Gasteiger partial charge in [0.1, 0.15) is 23.9 Å². The highest BCUT2D eigenvalue weighted by molar-refractivity contribution is 5.97. The predicted molar refractivity (Wildman–Crippen MR) is 122 cm³/mol. The number of rotatable bonds is 6. The Labute approximate surface area is 192 Å². The van der Waals surface area contributed by atoms with E-state index in [0.29, 0.717) is 49.8 Å². The molecular weight excluding hydrogens is 423 g/mol. The average molecular weight is 448 g/mol. The van der Waals surface area contributed by atoms with Crippen molar-refractivity contribution in [1.29, 1.82) is 0 Å². The highest BCUT2D eigenvalue weighted by atomic mass is 19.1. The van der Waals surface area contributed by atoms with Crippen LogP contribution < -0.4 is 9.47 Å². The van der Waals surface area contributed by atoms with Crippen LogP contribution in [0.5, 0.6) is 11.5 Å². The Morgan fingerprint density at radius 3 is 2.12 bits per heavy atom. The number of nitrogens with zero attached hydrogens (tertiary/aromatic N) is 2. The van der Waals surface area contributed by atoms with Crippen molar-refractivity contribution in [3.63, 3.8) is 0 Å². The zero-order chi connectivity index (χ0) is 23.2. The van der Waals surface area contributed by atoms with Gasteiger partial charge >= 0.3 is 0 Å². The third-order valence-corrected chi connectivity index (χ3v) is 5.60. The van der Waals surface area contributed by atoms with Crippen molar-refractivity contribution >= 4 is 11.8 Å². The van der Waals surface area contributed by atoms with Crippen LogP contribution in [-0.2, 0) is 6.61 Å². The molecule has 0 bridgehead atoms. The lowest BCUT2D eigenvalue weighted by molar-refractivity contribution is 0.0533. The Bertz CT molecular complexity index is 1110. The predicted octanol–water partition coefficient (Wildman–Crippen LogP) is 4.01. The second-order valence-electron chi connectivity index (χ2n) is 7.73. The maximum absolute atomic E-state index is 13.6. The summed E-state index contributed by atoms with van der Waals surface area (Å²) >= 11 is 0. The minimum atomic E-state index is -0.496. The minimum Gasteiger partial charge on any atom is -0.496 e. The molecular formula is C26H25FN2O4. The van der Waals surface area contributed by atoms with Crippen molar-refractivity contribution in [2.45, 2.75) is 6.61 Å². The maximum Gasteiger partial charge on any atom is 0.257 e. The summed E-state index contributed by atoms with van der Waals surface area (Å²) in [5, 5.41) is 0. The molecule has 4 rings (SSSR count). The first-order valence-corrected chi connectivity index (χ1v) is 10.7. The van der Waals surface area contributed by atoms with Crippen LogP contribution in [0.2, 0.25) is 0 Å². The minimum absolute atomic E-state index is 0.0972. The van der Waals surface area contributed by atoms with Gasteiger partial charge in [0, 0.05) is 31.7 Å². The molecule has 1 heterocycles. The van der Waals surface area contributed by atoms with E-state index >= 15 is 0 Å². The van der Waals surface area contributed by atoms with E-state index in [0.717, 1.165) is 5.56 Å². The molecule has 1 aliphatic rings. The fourth-order valence-corrected chi connectivity index (χ4v) is 3.75. The summed E-state index contributed by atoms with van der Waals surface area (Å²) in [4.78, 5) is 29.1. The smallest absolute Gasteiger partial charge is 0.257 e. The van der Waals surface area contributed by atoms with E-state index in [1.165, 1.54) is 25.3 Å². The van der Waals surface area contributed by atoms with Crippen LogP contribution in [0.15, 0.2) is 72.8 Å². The Kier molecular flexibility index (Phi) is 6.88. The topological polar surface area (TPSA) is 59.1 Å². The SMILES string of the molecule is COc1ccc(F)cc1C(=O)N1CCN(C(=O)c2ccc(OCc3ccccc3)cc2)CC1. The summed E-state index contributed by atoms with van der Waals surface area (Å²) in [6.45, 7) is 1.98. The number of carbonyl (C=O) groups is 2. The van der Waals surface area contributed by atoms with Crippen molar-refractivity contribution in [2.75, 3.05) is 33.3 Å². The van der Waals surface area contributed by atoms with Gasteiger partial charge in [-0.2, -0.15) is 0 Å². The molecule has 3 aromatic carbocycles. The normalized spacial score (nSPS) is 13.5. The van der Waals surface area contributed by atoms with E-state index in [2.05, 4.69) is 0 Å². The van der Waals surface area contributed by atoms with Crippen LogP contribution in [-0.4, -0.2) is 54.9 Å². The van der Waals surface area contributed by atoms with Crippen LogP contribution in [0.1, 0.15) is 26.3 Å². The van der Waals surface area contributed by atoms with Gasteiger partial charge in [-0.3, -0.25) is 9.59 Å². The van der Waals surface area contributed by atoms with Crippen LogP contribution in [0.4, 0.5) is 4.39 Å². The maximum atomic E-state index is 13.6. The zero-order valence-corrected chi connectivity index (χ0v) is 18.4. The number of amides is 2. The van der Waals surface area contributed by atoms with Crippen molar-refractivity contribution in [2.24, 2.45) is 0 Å². The third kappa shape index (κ3) is 5.31. The van der Waals surface area contributed by atoms with E-state index in [-0.39, 0.29) is 17.4 Å². The van der Waals surface area contributed by atoms with Crippen LogP contribution in [0.3, 0.4) is 0 Å². The molecule has 0 unspecified atom stereocenters. The van der Waals surface area contributed by atoms with Gasteiger partial charge in [0.05, 0.1) is 12.7 Å². The lowest BCUT2D eigenvalue weighted by Gasteiger charge is -2.35. The number of hydrogen-bond donors (Lipinski definition) is 0. The average Bonchev–Trinajstić information content (AvgIpc) is 2.87. The molecule has 33 heavy (non-hydrogen) atoms. The molecule has 7 heteroatoms. The molecule has 0 N–H and O–H groups in total. The Morgan fingerprint density at radius 1 is 0.848 bits per heavy atom. The standard InChI is InChI=1S/C26H25FN2O4/c1-32-24-12-9-21(27)17-23(24)26(31)29-15-13-28(14-16-29)25(30)20-7-10-22(11-8-20)33-18-19-5-3-2-4-6-19/h2-12,17H,13-16,18H2,1H3. The molecule has 1 aliphatic heterocycles. The number of piperazine rings is 1. The van der Waals surface area contributed by atoms with Gasteiger partial charge in [-0.1, -0.05) is 30.3 Å². The molecule has 1 fully saturated rings. The van der Waals surface area contributed by atoms with E-state index in [9.17, 15) is 14.0 Å². The van der Waals surface area contributed by atoms with Crippen molar-refractivity contribution in [3.05, 3.63) is 95.3 Å². The highest BCUT2D eigenvalue weighted by Gasteiger charge is 2.27. The molecule has 0 spiro atoms. The van der Waals surface area contributed by atoms with Gasteiger partial charge in [0.2, 0.25) is 0 Å². The van der Waals surface area contributed by atoms with E-state index in [1.807, 2.05) is 30.3 Å². The van der Waals surface area contributed by atoms with E-state index in [4.69, 9.17) is 9.47 Å². The molecule has 0 saturated carbocycles. The molecule has 3 aromatic rings. The summed E-state index contributed by atoms with van der Waals surface area (Å²) in [5.74, 6) is 0.118. The molecule has 6 nitrogen and oxygen atoms in total. The first-order chi connectivity index (χ1) is 16.0. The molecule has 170 valence electrons. The van der Waals surface area contributed by atoms with Crippen molar-refractivity contribution < 1.29 is 23.5 Å². The van der Waals surface area contributed by atoms with Crippen molar-refractivity contribution in [3.8, 4) is 11.5 Å². The fourth-order valence-electron chi connectivity index (χ4n) is 3.75. The largest absolute Gasteiger partial charge is 0.496 e. The molecule has 0 atom stereocenters. The quantitative estimate of drug-likeness (QED) is 0.572. The monoisotopic (exact) mass is 448 g/mol. The van der Waals surface area contributed by atoms with Crippen LogP contribution >= 0.6 is 0 Å². The second kappa shape index (κ2) is 10.2. The van der Waals surface area contributed by atoms with Crippen molar-refractivity contribution in [1.82, 2.24) is 9.80 Å². The first kappa shape index (κ1) is 22.3. The Hall–Kier alpha value is -3.87. The summed E-state index contributed by atoms with van der Waals surface area (Å²) in [5.41, 5.74) is 1.82. The second-order valence-corrected chi connectivity index (χ2v) is 7.73. The number of carbonyl (C=O) groups excluding carboxylic acids is 2. The van der Waals surface area contributed by atoms with Crippen LogP contribution in [0.25, 0.3) is 0 Å². The van der Waals surface area contributed by atoms with E-state index in [1.54, 1.807) is 34.1 Å². The highest BCUT2D eigenvalue weighted by Crippen LogP contribution is 2.22.